The topological polar surface area (TPSA) is 63.2 Å². The molecule has 0 fully saturated rings. The van der Waals surface area contributed by atoms with Gasteiger partial charge in [-0.3, -0.25) is 4.98 Å². The fourth-order valence-electron chi connectivity index (χ4n) is 3.04. The van der Waals surface area contributed by atoms with Gasteiger partial charge in [0.05, 0.1) is 15.6 Å². The molecule has 176 valence electrons. The molecule has 0 spiro atoms. The molecule has 0 unspecified atom stereocenters. The zero-order valence-corrected chi connectivity index (χ0v) is 24.8. The van der Waals surface area contributed by atoms with Crippen LogP contribution in [0.2, 0.25) is 10.0 Å². The number of amides is 2. The van der Waals surface area contributed by atoms with Crippen LogP contribution in [0.15, 0.2) is 72.9 Å². The molecule has 2 amide bonds. The Bertz CT molecular complexity index is 1340. The molecule has 0 bridgehead atoms. The molecule has 4 aromatic rings. The standard InChI is InChI=1S/C23H14Cl2F3N3O2.HI.K/c24-18-9-10-20(21-16(18)2-1-11-29-21)33-15-6-3-13(4-7-15)30-22(32)31-14-5-8-19(25)17(12-14)23(26,27)28;;/h1-12H,(H2,30,31,32);1H;/q;;+1/p-1. The van der Waals surface area contributed by atoms with Gasteiger partial charge in [0.1, 0.15) is 11.3 Å². The van der Waals surface area contributed by atoms with E-state index in [0.717, 1.165) is 17.5 Å². The van der Waals surface area contributed by atoms with E-state index in [4.69, 9.17) is 27.9 Å². The Morgan fingerprint density at radius 3 is 2.20 bits per heavy atom. The van der Waals surface area contributed by atoms with Gasteiger partial charge in [0, 0.05) is 23.0 Å². The third-order valence-electron chi connectivity index (χ3n) is 4.55. The number of rotatable bonds is 4. The van der Waals surface area contributed by atoms with Crippen molar-refractivity contribution in [3.8, 4) is 11.5 Å². The Balaban J connectivity index is 0.00000216. The molecule has 3 aromatic carbocycles. The van der Waals surface area contributed by atoms with Crippen LogP contribution in [0.5, 0.6) is 11.5 Å². The molecule has 0 radical (unpaired) electrons. The first-order valence-corrected chi connectivity index (χ1v) is 10.2. The van der Waals surface area contributed by atoms with Crippen molar-refractivity contribution in [2.45, 2.75) is 6.18 Å². The minimum atomic E-state index is -4.63. The maximum Gasteiger partial charge on any atom is 1.00 e. The van der Waals surface area contributed by atoms with Gasteiger partial charge in [0.2, 0.25) is 0 Å². The van der Waals surface area contributed by atoms with Crippen LogP contribution >= 0.6 is 23.2 Å². The normalized spacial score (nSPS) is 10.7. The Hall–Kier alpha value is -1.12. The second-order valence-electron chi connectivity index (χ2n) is 6.84. The number of carbonyl (C=O) groups is 1. The van der Waals surface area contributed by atoms with Crippen LogP contribution in [0.4, 0.5) is 29.3 Å². The summed E-state index contributed by atoms with van der Waals surface area (Å²) in [5.41, 5.74) is -0.0734. The Kier molecular flexibility index (Phi) is 11.1. The average molecular weight is 658 g/mol. The van der Waals surface area contributed by atoms with Crippen molar-refractivity contribution in [3.63, 3.8) is 0 Å². The molecular weight excluding hydrogens is 644 g/mol. The molecular formula is C23H14Cl2F3IKN3O2. The fourth-order valence-corrected chi connectivity index (χ4v) is 3.48. The summed E-state index contributed by atoms with van der Waals surface area (Å²) in [5, 5.41) is 5.75. The van der Waals surface area contributed by atoms with E-state index in [0.29, 0.717) is 27.7 Å². The molecule has 5 nitrogen and oxygen atoms in total. The van der Waals surface area contributed by atoms with Gasteiger partial charge in [-0.25, -0.2) is 4.79 Å². The minimum Gasteiger partial charge on any atom is -1.00 e. The van der Waals surface area contributed by atoms with Gasteiger partial charge < -0.3 is 39.3 Å². The monoisotopic (exact) mass is 657 g/mol. The summed E-state index contributed by atoms with van der Waals surface area (Å²) >= 11 is 11.8. The van der Waals surface area contributed by atoms with Gasteiger partial charge in [-0.2, -0.15) is 13.2 Å². The van der Waals surface area contributed by atoms with Crippen LogP contribution in [0.3, 0.4) is 0 Å². The molecule has 1 aromatic heterocycles. The number of halogens is 6. The molecule has 0 aliphatic carbocycles. The number of hydrogen-bond donors (Lipinski definition) is 2. The molecule has 1 heterocycles. The molecule has 0 aliphatic heterocycles. The number of nitrogens with zero attached hydrogens (tertiary/aromatic N) is 1. The minimum absolute atomic E-state index is 0. The maximum atomic E-state index is 13.0. The first kappa shape index (κ1) is 30.1. The summed E-state index contributed by atoms with van der Waals surface area (Å²) in [6.07, 6.45) is -3.00. The largest absolute Gasteiger partial charge is 1.00 e. The Morgan fingerprint density at radius 2 is 1.51 bits per heavy atom. The van der Waals surface area contributed by atoms with E-state index in [1.165, 1.54) is 6.07 Å². The zero-order valence-electron chi connectivity index (χ0n) is 18.0. The number of nitrogens with one attached hydrogen (secondary N) is 2. The predicted octanol–water partition coefficient (Wildman–Crippen LogP) is 2.00. The Labute approximate surface area is 268 Å². The molecule has 2 N–H and O–H groups in total. The second-order valence-corrected chi connectivity index (χ2v) is 7.66. The van der Waals surface area contributed by atoms with Crippen molar-refractivity contribution in [1.82, 2.24) is 4.98 Å². The van der Waals surface area contributed by atoms with E-state index in [9.17, 15) is 18.0 Å². The summed E-state index contributed by atoms with van der Waals surface area (Å²) in [7, 11) is 0. The van der Waals surface area contributed by atoms with Crippen molar-refractivity contribution in [3.05, 3.63) is 88.5 Å². The molecule has 0 saturated carbocycles. The van der Waals surface area contributed by atoms with Crippen LogP contribution in [0.25, 0.3) is 10.9 Å². The second kappa shape index (κ2) is 12.9. The first-order chi connectivity index (χ1) is 15.7. The number of aromatic nitrogens is 1. The molecule has 35 heavy (non-hydrogen) atoms. The van der Waals surface area contributed by atoms with Crippen LogP contribution < -0.4 is 90.7 Å². The number of urea groups is 1. The van der Waals surface area contributed by atoms with Crippen LogP contribution in [0, 0.1) is 0 Å². The number of benzene rings is 3. The fraction of sp³-hybridized carbons (Fsp3) is 0.0435. The predicted molar refractivity (Wildman–Crippen MR) is 122 cm³/mol. The molecule has 4 rings (SSSR count). The summed E-state index contributed by atoms with van der Waals surface area (Å²) in [6.45, 7) is 0. The SMILES string of the molecule is O=C(Nc1ccc(Oc2ccc(Cl)c3cccnc23)cc1)Nc1ccc(Cl)c(C(F)(F)F)c1.[I-].[K+]. The van der Waals surface area contributed by atoms with Gasteiger partial charge in [-0.1, -0.05) is 23.2 Å². The van der Waals surface area contributed by atoms with E-state index < -0.39 is 22.8 Å². The summed E-state index contributed by atoms with van der Waals surface area (Å²) in [4.78, 5) is 16.5. The summed E-state index contributed by atoms with van der Waals surface area (Å²) in [5.74, 6) is 0.999. The number of alkyl halides is 3. The Morgan fingerprint density at radius 1 is 0.886 bits per heavy atom. The van der Waals surface area contributed by atoms with Crippen LogP contribution in [-0.4, -0.2) is 11.0 Å². The summed E-state index contributed by atoms with van der Waals surface area (Å²) < 4.78 is 44.8. The van der Waals surface area contributed by atoms with Gasteiger partial charge in [-0.05, 0) is 66.7 Å². The van der Waals surface area contributed by atoms with E-state index in [1.54, 1.807) is 48.7 Å². The van der Waals surface area contributed by atoms with Crippen molar-refractivity contribution in [1.29, 1.82) is 0 Å². The molecule has 0 aliphatic rings. The van der Waals surface area contributed by atoms with Crippen LogP contribution in [-0.2, 0) is 6.18 Å². The smallest absolute Gasteiger partial charge is 1.00 e. The zero-order chi connectivity index (χ0) is 23.6. The quantitative estimate of drug-likeness (QED) is 0.261. The van der Waals surface area contributed by atoms with Gasteiger partial charge in [0.25, 0.3) is 0 Å². The van der Waals surface area contributed by atoms with Crippen LogP contribution in [0.1, 0.15) is 5.56 Å². The van der Waals surface area contributed by atoms with Gasteiger partial charge in [-0.15, -0.1) is 0 Å². The number of anilines is 2. The molecule has 0 saturated heterocycles. The number of hydrogen-bond acceptors (Lipinski definition) is 3. The van der Waals surface area contributed by atoms with E-state index in [2.05, 4.69) is 15.6 Å². The number of ether oxygens (including phenoxy) is 1. The van der Waals surface area contributed by atoms with Crippen molar-refractivity contribution < 1.29 is 98.1 Å². The van der Waals surface area contributed by atoms with E-state index >= 15 is 0 Å². The first-order valence-electron chi connectivity index (χ1n) is 9.46. The maximum absolute atomic E-state index is 13.0. The number of carbonyl (C=O) groups excluding carboxylic acids is 1. The van der Waals surface area contributed by atoms with Gasteiger partial charge >= 0.3 is 63.6 Å². The van der Waals surface area contributed by atoms with Crippen molar-refractivity contribution >= 4 is 51.5 Å². The molecule has 12 heteroatoms. The van der Waals surface area contributed by atoms with Crippen molar-refractivity contribution in [2.24, 2.45) is 0 Å². The number of pyridine rings is 1. The van der Waals surface area contributed by atoms with E-state index in [1.807, 2.05) is 6.07 Å². The van der Waals surface area contributed by atoms with Gasteiger partial charge in [0.15, 0.2) is 5.75 Å². The third kappa shape index (κ3) is 7.68. The molecule has 0 atom stereocenters. The average Bonchev–Trinajstić information content (AvgIpc) is 2.78. The third-order valence-corrected chi connectivity index (χ3v) is 5.21. The summed E-state index contributed by atoms with van der Waals surface area (Å²) in [6, 6.07) is 15.9. The van der Waals surface area contributed by atoms with Crippen molar-refractivity contribution in [2.75, 3.05) is 10.6 Å². The van der Waals surface area contributed by atoms with E-state index in [-0.39, 0.29) is 81.0 Å². The number of fused-ring (bicyclic) bond motifs is 1.